The predicted octanol–water partition coefficient (Wildman–Crippen LogP) is 2.18. The van der Waals surface area contributed by atoms with Gasteiger partial charge in [0.15, 0.2) is 0 Å². The van der Waals surface area contributed by atoms with Crippen molar-refractivity contribution in [3.63, 3.8) is 0 Å². The number of rotatable bonds is 2. The molecule has 5 heteroatoms. The molecule has 66 valence electrons. The zero-order chi connectivity index (χ0) is 9.10. The van der Waals surface area contributed by atoms with Crippen molar-refractivity contribution in [2.45, 2.75) is 6.42 Å². The molecule has 2 rings (SSSR count). The van der Waals surface area contributed by atoms with Crippen LogP contribution in [0, 0.1) is 0 Å². The topological polar surface area (TPSA) is 38.7 Å². The third kappa shape index (κ3) is 2.23. The monoisotopic (exact) mass is 211 g/mol. The number of halogens is 1. The van der Waals surface area contributed by atoms with Gasteiger partial charge in [-0.05, 0) is 40.8 Å². The molecule has 2 heterocycles. The molecule has 0 radical (unpaired) electrons. The molecule has 0 N–H and O–H groups in total. The van der Waals surface area contributed by atoms with Crippen LogP contribution in [-0.4, -0.2) is 14.3 Å². The first-order chi connectivity index (χ1) is 6.34. The van der Waals surface area contributed by atoms with E-state index in [0.29, 0.717) is 5.28 Å². The predicted molar refractivity (Wildman–Crippen MR) is 52.0 cm³/mol. The lowest BCUT2D eigenvalue weighted by atomic mass is 10.2. The molecule has 0 saturated carbocycles. The van der Waals surface area contributed by atoms with Crippen LogP contribution in [-0.2, 0) is 6.42 Å². The van der Waals surface area contributed by atoms with Crippen LogP contribution in [0.2, 0.25) is 5.28 Å². The maximum Gasteiger partial charge on any atom is 0.234 e. The molecular formula is C8H6ClN3S. The van der Waals surface area contributed by atoms with Gasteiger partial charge in [0, 0.05) is 18.8 Å². The highest BCUT2D eigenvalue weighted by atomic mass is 35.5. The minimum Gasteiger partial charge on any atom is -0.265 e. The molecule has 0 spiro atoms. The summed E-state index contributed by atoms with van der Waals surface area (Å²) < 4.78 is 3.89. The molecular weight excluding hydrogens is 206 g/mol. The second-order valence-electron chi connectivity index (χ2n) is 2.49. The van der Waals surface area contributed by atoms with E-state index >= 15 is 0 Å². The molecule has 0 aliphatic rings. The summed E-state index contributed by atoms with van der Waals surface area (Å²) in [7, 11) is 0. The second-order valence-corrected chi connectivity index (χ2v) is 3.66. The van der Waals surface area contributed by atoms with Crippen molar-refractivity contribution in [2.24, 2.45) is 0 Å². The highest BCUT2D eigenvalue weighted by Gasteiger charge is 2.01. The van der Waals surface area contributed by atoms with Crippen LogP contribution in [0.4, 0.5) is 0 Å². The zero-order valence-electron chi connectivity index (χ0n) is 6.64. The SMILES string of the molecule is Clc1nsc(Cc2ccncc2)n1. The quantitative estimate of drug-likeness (QED) is 0.764. The third-order valence-electron chi connectivity index (χ3n) is 1.55. The van der Waals surface area contributed by atoms with E-state index in [2.05, 4.69) is 14.3 Å². The lowest BCUT2D eigenvalue weighted by Crippen LogP contribution is -1.86. The van der Waals surface area contributed by atoms with E-state index in [1.807, 2.05) is 12.1 Å². The number of hydrogen-bond acceptors (Lipinski definition) is 4. The molecule has 0 aromatic carbocycles. The molecule has 0 unspecified atom stereocenters. The number of hydrogen-bond donors (Lipinski definition) is 0. The van der Waals surface area contributed by atoms with Crippen molar-refractivity contribution >= 4 is 23.1 Å². The minimum absolute atomic E-state index is 0.328. The van der Waals surface area contributed by atoms with Crippen LogP contribution >= 0.6 is 23.1 Å². The van der Waals surface area contributed by atoms with Gasteiger partial charge in [-0.1, -0.05) is 0 Å². The van der Waals surface area contributed by atoms with Crippen molar-refractivity contribution < 1.29 is 0 Å². The lowest BCUT2D eigenvalue weighted by Gasteiger charge is -1.93. The standard InChI is InChI=1S/C8H6ClN3S/c9-8-11-7(13-12-8)5-6-1-3-10-4-2-6/h1-4H,5H2. The fourth-order valence-corrected chi connectivity index (χ4v) is 1.82. The first kappa shape index (κ1) is 8.59. The van der Waals surface area contributed by atoms with E-state index in [0.717, 1.165) is 11.4 Å². The van der Waals surface area contributed by atoms with Crippen LogP contribution in [0.25, 0.3) is 0 Å². The molecule has 0 fully saturated rings. The summed E-state index contributed by atoms with van der Waals surface area (Å²) in [5, 5.41) is 1.25. The highest BCUT2D eigenvalue weighted by Crippen LogP contribution is 2.13. The Morgan fingerprint density at radius 2 is 2.08 bits per heavy atom. The first-order valence-corrected chi connectivity index (χ1v) is 4.87. The van der Waals surface area contributed by atoms with E-state index in [-0.39, 0.29) is 0 Å². The van der Waals surface area contributed by atoms with E-state index in [9.17, 15) is 0 Å². The molecule has 0 bridgehead atoms. The fraction of sp³-hybridized carbons (Fsp3) is 0.125. The van der Waals surface area contributed by atoms with Crippen molar-refractivity contribution in [2.75, 3.05) is 0 Å². The lowest BCUT2D eigenvalue weighted by molar-refractivity contribution is 1.11. The molecule has 0 saturated heterocycles. The second kappa shape index (κ2) is 3.81. The van der Waals surface area contributed by atoms with E-state index in [4.69, 9.17) is 11.6 Å². The molecule has 2 aromatic heterocycles. The molecule has 0 aliphatic carbocycles. The Balaban J connectivity index is 2.15. The van der Waals surface area contributed by atoms with Gasteiger partial charge in [-0.25, -0.2) is 4.98 Å². The maximum absolute atomic E-state index is 5.60. The highest BCUT2D eigenvalue weighted by molar-refractivity contribution is 7.05. The van der Waals surface area contributed by atoms with Gasteiger partial charge >= 0.3 is 0 Å². The fourth-order valence-electron chi connectivity index (χ4n) is 0.981. The largest absolute Gasteiger partial charge is 0.265 e. The Hall–Kier alpha value is -1.00. The van der Waals surface area contributed by atoms with Gasteiger partial charge in [-0.3, -0.25) is 4.98 Å². The summed E-state index contributed by atoms with van der Waals surface area (Å²) >= 11 is 6.93. The van der Waals surface area contributed by atoms with Gasteiger partial charge in [-0.15, -0.1) is 0 Å². The van der Waals surface area contributed by atoms with Gasteiger partial charge in [0.25, 0.3) is 0 Å². The summed E-state index contributed by atoms with van der Waals surface area (Å²) in [5.74, 6) is 0. The summed E-state index contributed by atoms with van der Waals surface area (Å²) in [4.78, 5) is 7.99. The molecule has 0 aliphatic heterocycles. The number of nitrogens with zero attached hydrogens (tertiary/aromatic N) is 3. The minimum atomic E-state index is 0.328. The Morgan fingerprint density at radius 1 is 1.31 bits per heavy atom. The van der Waals surface area contributed by atoms with E-state index in [1.54, 1.807) is 12.4 Å². The van der Waals surface area contributed by atoms with Crippen LogP contribution in [0.15, 0.2) is 24.5 Å². The van der Waals surface area contributed by atoms with Crippen molar-refractivity contribution in [3.8, 4) is 0 Å². The molecule has 2 aromatic rings. The van der Waals surface area contributed by atoms with Crippen LogP contribution in [0.5, 0.6) is 0 Å². The Labute approximate surface area is 84.6 Å². The molecule has 0 amide bonds. The molecule has 13 heavy (non-hydrogen) atoms. The average Bonchev–Trinajstić information content (AvgIpc) is 2.53. The van der Waals surface area contributed by atoms with Crippen LogP contribution in [0.1, 0.15) is 10.6 Å². The normalized spacial score (nSPS) is 10.2. The molecule has 3 nitrogen and oxygen atoms in total. The van der Waals surface area contributed by atoms with Gasteiger partial charge in [0.05, 0.1) is 0 Å². The smallest absolute Gasteiger partial charge is 0.234 e. The van der Waals surface area contributed by atoms with Gasteiger partial charge in [0.2, 0.25) is 5.28 Å². The Kier molecular flexibility index (Phi) is 2.52. The summed E-state index contributed by atoms with van der Waals surface area (Å²) in [6.07, 6.45) is 4.29. The van der Waals surface area contributed by atoms with Crippen molar-refractivity contribution in [1.29, 1.82) is 0 Å². The van der Waals surface area contributed by atoms with E-state index < -0.39 is 0 Å². The van der Waals surface area contributed by atoms with Crippen LogP contribution in [0.3, 0.4) is 0 Å². The van der Waals surface area contributed by atoms with Crippen LogP contribution < -0.4 is 0 Å². The van der Waals surface area contributed by atoms with Gasteiger partial charge in [0.1, 0.15) is 5.01 Å². The average molecular weight is 212 g/mol. The summed E-state index contributed by atoms with van der Waals surface area (Å²) in [6, 6.07) is 3.91. The molecule has 0 atom stereocenters. The Bertz CT molecular complexity index is 387. The first-order valence-electron chi connectivity index (χ1n) is 3.71. The zero-order valence-corrected chi connectivity index (χ0v) is 8.22. The Morgan fingerprint density at radius 3 is 2.69 bits per heavy atom. The summed E-state index contributed by atoms with van der Waals surface area (Å²) in [6.45, 7) is 0. The summed E-state index contributed by atoms with van der Waals surface area (Å²) in [5.41, 5.74) is 1.17. The number of aromatic nitrogens is 3. The van der Waals surface area contributed by atoms with Crippen molar-refractivity contribution in [1.82, 2.24) is 14.3 Å². The third-order valence-corrected chi connectivity index (χ3v) is 2.53. The number of pyridine rings is 1. The van der Waals surface area contributed by atoms with Gasteiger partial charge in [-0.2, -0.15) is 4.37 Å². The maximum atomic E-state index is 5.60. The van der Waals surface area contributed by atoms with Gasteiger partial charge < -0.3 is 0 Å². The van der Waals surface area contributed by atoms with Crippen molar-refractivity contribution in [3.05, 3.63) is 40.4 Å². The van der Waals surface area contributed by atoms with E-state index in [1.165, 1.54) is 17.1 Å².